The lowest BCUT2D eigenvalue weighted by Crippen LogP contribution is -2.08. The lowest BCUT2D eigenvalue weighted by molar-refractivity contribution is 0.0527. The summed E-state index contributed by atoms with van der Waals surface area (Å²) < 4.78 is 5.10. The normalized spacial score (nSPS) is 10.2. The van der Waals surface area contributed by atoms with Gasteiger partial charge in [0.15, 0.2) is 0 Å². The third-order valence-electron chi connectivity index (χ3n) is 3.73. The molecule has 6 nitrogen and oxygen atoms in total. The van der Waals surface area contributed by atoms with Crippen LogP contribution in [0, 0.1) is 6.92 Å². The number of para-hydroxylation sites is 2. The summed E-state index contributed by atoms with van der Waals surface area (Å²) >= 11 is 0. The number of aromatic nitrogens is 2. The van der Waals surface area contributed by atoms with E-state index >= 15 is 0 Å². The van der Waals surface area contributed by atoms with Crippen molar-refractivity contribution in [1.82, 2.24) is 9.97 Å². The van der Waals surface area contributed by atoms with E-state index in [-0.39, 0.29) is 5.97 Å². The van der Waals surface area contributed by atoms with Crippen LogP contribution >= 0.6 is 0 Å². The zero-order chi connectivity index (χ0) is 18.4. The summed E-state index contributed by atoms with van der Waals surface area (Å²) in [6.07, 6.45) is 1.66. The van der Waals surface area contributed by atoms with Crippen molar-refractivity contribution in [2.45, 2.75) is 13.8 Å². The molecule has 0 aliphatic carbocycles. The van der Waals surface area contributed by atoms with Crippen LogP contribution in [0.3, 0.4) is 0 Å². The second kappa shape index (κ2) is 8.11. The summed E-state index contributed by atoms with van der Waals surface area (Å²) in [6.45, 7) is 4.12. The van der Waals surface area contributed by atoms with E-state index in [0.29, 0.717) is 29.6 Å². The van der Waals surface area contributed by atoms with Crippen LogP contribution in [0.25, 0.3) is 0 Å². The van der Waals surface area contributed by atoms with E-state index in [0.717, 1.165) is 11.3 Å². The van der Waals surface area contributed by atoms with E-state index in [1.165, 1.54) is 0 Å². The topological polar surface area (TPSA) is 76.1 Å². The number of rotatable bonds is 6. The molecule has 2 aromatic carbocycles. The number of hydrogen-bond donors (Lipinski definition) is 2. The number of hydrogen-bond acceptors (Lipinski definition) is 6. The van der Waals surface area contributed by atoms with Crippen LogP contribution in [0.2, 0.25) is 0 Å². The fourth-order valence-electron chi connectivity index (χ4n) is 2.44. The first-order valence-corrected chi connectivity index (χ1v) is 8.36. The van der Waals surface area contributed by atoms with Gasteiger partial charge in [0.25, 0.3) is 0 Å². The highest BCUT2D eigenvalue weighted by Gasteiger charge is 2.12. The molecule has 1 aromatic heterocycles. The molecule has 1 heterocycles. The summed E-state index contributed by atoms with van der Waals surface area (Å²) in [5, 5.41) is 6.36. The molecule has 2 N–H and O–H groups in total. The van der Waals surface area contributed by atoms with Crippen molar-refractivity contribution in [1.29, 1.82) is 0 Å². The number of nitrogens with one attached hydrogen (secondary N) is 2. The van der Waals surface area contributed by atoms with Crippen LogP contribution in [-0.2, 0) is 4.74 Å². The molecule has 3 rings (SSSR count). The molecule has 0 saturated heterocycles. The smallest absolute Gasteiger partial charge is 0.340 e. The minimum absolute atomic E-state index is 0.325. The molecule has 0 bridgehead atoms. The average molecular weight is 348 g/mol. The van der Waals surface area contributed by atoms with E-state index in [9.17, 15) is 4.79 Å². The molecule has 6 heteroatoms. The van der Waals surface area contributed by atoms with Crippen LogP contribution < -0.4 is 10.6 Å². The van der Waals surface area contributed by atoms with E-state index in [1.54, 1.807) is 31.3 Å². The van der Waals surface area contributed by atoms with Crippen molar-refractivity contribution >= 4 is 29.1 Å². The van der Waals surface area contributed by atoms with Gasteiger partial charge >= 0.3 is 5.97 Å². The van der Waals surface area contributed by atoms with Gasteiger partial charge in [-0.3, -0.25) is 0 Å². The number of benzene rings is 2. The summed E-state index contributed by atoms with van der Waals surface area (Å²) in [4.78, 5) is 20.8. The maximum absolute atomic E-state index is 12.1. The Morgan fingerprint density at radius 3 is 2.50 bits per heavy atom. The lowest BCUT2D eigenvalue weighted by atomic mass is 10.2. The fraction of sp³-hybridized carbons (Fsp3) is 0.150. The number of ether oxygens (including phenoxy) is 1. The summed E-state index contributed by atoms with van der Waals surface area (Å²) in [6, 6.07) is 16.8. The quantitative estimate of drug-likeness (QED) is 0.641. The van der Waals surface area contributed by atoms with Crippen LogP contribution in [0.15, 0.2) is 60.8 Å². The average Bonchev–Trinajstić information content (AvgIpc) is 2.65. The monoisotopic (exact) mass is 348 g/mol. The van der Waals surface area contributed by atoms with Gasteiger partial charge in [0.1, 0.15) is 5.82 Å². The molecule has 0 aliphatic rings. The standard InChI is InChI=1S/C20H20N4O2/c1-3-26-19(25)15-9-5-7-11-17(15)22-18-12-13-21-20(24-18)23-16-10-6-4-8-14(16)2/h4-13H,3H2,1-2H3,(H2,21,22,23,24). The Hall–Kier alpha value is -3.41. The highest BCUT2D eigenvalue weighted by Crippen LogP contribution is 2.22. The minimum atomic E-state index is -0.372. The highest BCUT2D eigenvalue weighted by molar-refractivity contribution is 5.96. The van der Waals surface area contributed by atoms with Gasteiger partial charge in [0.2, 0.25) is 5.95 Å². The summed E-state index contributed by atoms with van der Waals surface area (Å²) in [7, 11) is 0. The van der Waals surface area contributed by atoms with E-state index in [1.807, 2.05) is 43.3 Å². The molecule has 0 saturated carbocycles. The molecule has 0 spiro atoms. The molecule has 0 aliphatic heterocycles. The first kappa shape index (κ1) is 17.4. The molecular formula is C20H20N4O2. The van der Waals surface area contributed by atoms with Gasteiger partial charge in [-0.05, 0) is 43.7 Å². The molecular weight excluding hydrogens is 328 g/mol. The van der Waals surface area contributed by atoms with Crippen molar-refractivity contribution in [3.8, 4) is 0 Å². The maximum atomic E-state index is 12.1. The summed E-state index contributed by atoms with van der Waals surface area (Å²) in [5.41, 5.74) is 3.13. The Morgan fingerprint density at radius 1 is 1.00 bits per heavy atom. The Balaban J connectivity index is 1.82. The van der Waals surface area contributed by atoms with Gasteiger partial charge in [0, 0.05) is 11.9 Å². The Kier molecular flexibility index (Phi) is 5.43. The van der Waals surface area contributed by atoms with Crippen LogP contribution in [0.4, 0.5) is 23.1 Å². The van der Waals surface area contributed by atoms with Gasteiger partial charge in [-0.2, -0.15) is 4.98 Å². The van der Waals surface area contributed by atoms with Crippen molar-refractivity contribution < 1.29 is 9.53 Å². The predicted molar refractivity (Wildman–Crippen MR) is 102 cm³/mol. The predicted octanol–water partition coefficient (Wildman–Crippen LogP) is 4.45. The number of anilines is 4. The zero-order valence-electron chi connectivity index (χ0n) is 14.7. The lowest BCUT2D eigenvalue weighted by Gasteiger charge is -2.12. The first-order valence-electron chi connectivity index (χ1n) is 8.36. The molecule has 0 amide bonds. The molecule has 132 valence electrons. The zero-order valence-corrected chi connectivity index (χ0v) is 14.7. The van der Waals surface area contributed by atoms with Crippen molar-refractivity contribution in [3.05, 3.63) is 71.9 Å². The second-order valence-electron chi connectivity index (χ2n) is 5.60. The second-order valence-corrected chi connectivity index (χ2v) is 5.60. The molecule has 0 fully saturated rings. The third-order valence-corrected chi connectivity index (χ3v) is 3.73. The van der Waals surface area contributed by atoms with Gasteiger partial charge in [-0.25, -0.2) is 9.78 Å². The molecule has 0 unspecified atom stereocenters. The molecule has 3 aromatic rings. The first-order chi connectivity index (χ1) is 12.7. The van der Waals surface area contributed by atoms with E-state index < -0.39 is 0 Å². The molecule has 0 atom stereocenters. The Morgan fingerprint density at radius 2 is 1.73 bits per heavy atom. The fourth-order valence-corrected chi connectivity index (χ4v) is 2.44. The molecule has 0 radical (unpaired) electrons. The third kappa shape index (κ3) is 4.16. The minimum Gasteiger partial charge on any atom is -0.462 e. The number of carbonyl (C=O) groups excluding carboxylic acids is 1. The number of aryl methyl sites for hydroxylation is 1. The van der Waals surface area contributed by atoms with E-state index in [2.05, 4.69) is 20.6 Å². The van der Waals surface area contributed by atoms with Crippen LogP contribution in [0.5, 0.6) is 0 Å². The van der Waals surface area contributed by atoms with Gasteiger partial charge in [-0.1, -0.05) is 30.3 Å². The summed E-state index contributed by atoms with van der Waals surface area (Å²) in [5.74, 6) is 0.675. The number of nitrogens with zero attached hydrogens (tertiary/aromatic N) is 2. The van der Waals surface area contributed by atoms with Crippen molar-refractivity contribution in [2.24, 2.45) is 0 Å². The largest absolute Gasteiger partial charge is 0.462 e. The highest BCUT2D eigenvalue weighted by atomic mass is 16.5. The number of carbonyl (C=O) groups is 1. The number of esters is 1. The van der Waals surface area contributed by atoms with Gasteiger partial charge < -0.3 is 15.4 Å². The van der Waals surface area contributed by atoms with Crippen LogP contribution in [0.1, 0.15) is 22.8 Å². The maximum Gasteiger partial charge on any atom is 0.340 e. The van der Waals surface area contributed by atoms with Gasteiger partial charge in [0.05, 0.1) is 17.9 Å². The van der Waals surface area contributed by atoms with E-state index in [4.69, 9.17) is 4.74 Å². The Labute approximate surface area is 152 Å². The van der Waals surface area contributed by atoms with Crippen LogP contribution in [-0.4, -0.2) is 22.5 Å². The SMILES string of the molecule is CCOC(=O)c1ccccc1Nc1ccnc(Nc2ccccc2C)n1. The van der Waals surface area contributed by atoms with Crippen molar-refractivity contribution in [2.75, 3.05) is 17.2 Å². The van der Waals surface area contributed by atoms with Crippen molar-refractivity contribution in [3.63, 3.8) is 0 Å². The van der Waals surface area contributed by atoms with Gasteiger partial charge in [-0.15, -0.1) is 0 Å². The molecule has 26 heavy (non-hydrogen) atoms. The Bertz CT molecular complexity index is 912.